The first-order valence-electron chi connectivity index (χ1n) is 8.14. The number of hydrogen-bond donors (Lipinski definition) is 0. The molecule has 0 aromatic heterocycles. The van der Waals surface area contributed by atoms with Crippen molar-refractivity contribution >= 4 is 5.78 Å². The van der Waals surface area contributed by atoms with Gasteiger partial charge >= 0.3 is 0 Å². The molecule has 1 heterocycles. The summed E-state index contributed by atoms with van der Waals surface area (Å²) in [5.41, 5.74) is 1.97. The van der Waals surface area contributed by atoms with E-state index in [1.165, 1.54) is 12.8 Å². The van der Waals surface area contributed by atoms with Crippen LogP contribution in [0, 0.1) is 0 Å². The summed E-state index contributed by atoms with van der Waals surface area (Å²) in [5, 5.41) is 0. The van der Waals surface area contributed by atoms with E-state index in [-0.39, 0.29) is 5.78 Å². The van der Waals surface area contributed by atoms with Crippen LogP contribution in [0.5, 0.6) is 5.75 Å². The molecule has 0 amide bonds. The van der Waals surface area contributed by atoms with Crippen LogP contribution in [0.25, 0.3) is 0 Å². The van der Waals surface area contributed by atoms with Gasteiger partial charge in [-0.2, -0.15) is 0 Å². The van der Waals surface area contributed by atoms with Gasteiger partial charge in [0, 0.05) is 18.5 Å². The monoisotopic (exact) mass is 289 g/mol. The SMILES string of the molecule is CCOc1ccc(C(=O)CCN2CCCC2)c(C(C)C)c1. The smallest absolute Gasteiger partial charge is 0.164 e. The molecule has 0 N–H and O–H groups in total. The molecule has 1 fully saturated rings. The van der Waals surface area contributed by atoms with Gasteiger partial charge in [-0.3, -0.25) is 4.79 Å². The maximum Gasteiger partial charge on any atom is 0.164 e. The molecule has 0 radical (unpaired) electrons. The molecule has 1 saturated heterocycles. The van der Waals surface area contributed by atoms with Gasteiger partial charge in [0.1, 0.15) is 5.75 Å². The van der Waals surface area contributed by atoms with Crippen LogP contribution >= 0.6 is 0 Å². The molecule has 1 aromatic rings. The summed E-state index contributed by atoms with van der Waals surface area (Å²) >= 11 is 0. The van der Waals surface area contributed by atoms with E-state index in [1.807, 2.05) is 25.1 Å². The first-order chi connectivity index (χ1) is 10.1. The van der Waals surface area contributed by atoms with E-state index in [9.17, 15) is 4.79 Å². The van der Waals surface area contributed by atoms with E-state index >= 15 is 0 Å². The fourth-order valence-corrected chi connectivity index (χ4v) is 2.93. The van der Waals surface area contributed by atoms with Crippen molar-refractivity contribution in [2.24, 2.45) is 0 Å². The third kappa shape index (κ3) is 4.31. The lowest BCUT2D eigenvalue weighted by Crippen LogP contribution is -2.23. The molecule has 0 saturated carbocycles. The first kappa shape index (κ1) is 16.0. The van der Waals surface area contributed by atoms with Crippen molar-refractivity contribution in [2.75, 3.05) is 26.2 Å². The molecule has 116 valence electrons. The molecule has 1 aliphatic heterocycles. The van der Waals surface area contributed by atoms with E-state index < -0.39 is 0 Å². The minimum atomic E-state index is 0.258. The molecule has 3 nitrogen and oxygen atoms in total. The summed E-state index contributed by atoms with van der Waals surface area (Å²) < 4.78 is 5.55. The van der Waals surface area contributed by atoms with E-state index in [0.29, 0.717) is 18.9 Å². The number of ether oxygens (including phenoxy) is 1. The normalized spacial score (nSPS) is 15.6. The molecule has 0 spiro atoms. The van der Waals surface area contributed by atoms with Gasteiger partial charge in [-0.1, -0.05) is 13.8 Å². The molecule has 0 atom stereocenters. The summed E-state index contributed by atoms with van der Waals surface area (Å²) in [7, 11) is 0. The topological polar surface area (TPSA) is 29.5 Å². The fourth-order valence-electron chi connectivity index (χ4n) is 2.93. The Morgan fingerprint density at radius 1 is 1.29 bits per heavy atom. The fraction of sp³-hybridized carbons (Fsp3) is 0.611. The molecule has 21 heavy (non-hydrogen) atoms. The Labute approximate surface area is 128 Å². The van der Waals surface area contributed by atoms with E-state index in [4.69, 9.17) is 4.74 Å². The van der Waals surface area contributed by atoms with Gasteiger partial charge in [-0.05, 0) is 62.5 Å². The van der Waals surface area contributed by atoms with Gasteiger partial charge in [-0.25, -0.2) is 0 Å². The standard InChI is InChI=1S/C18H27NO2/c1-4-21-15-7-8-16(17(13-15)14(2)3)18(20)9-12-19-10-5-6-11-19/h7-8,13-14H,4-6,9-12H2,1-3H3. The number of nitrogens with zero attached hydrogens (tertiary/aromatic N) is 1. The lowest BCUT2D eigenvalue weighted by atomic mass is 9.93. The van der Waals surface area contributed by atoms with Gasteiger partial charge in [0.2, 0.25) is 0 Å². The Morgan fingerprint density at radius 2 is 2.00 bits per heavy atom. The zero-order valence-corrected chi connectivity index (χ0v) is 13.5. The van der Waals surface area contributed by atoms with E-state index in [2.05, 4.69) is 18.7 Å². The predicted molar refractivity (Wildman–Crippen MR) is 86.3 cm³/mol. The first-order valence-corrected chi connectivity index (χ1v) is 8.14. The summed E-state index contributed by atoms with van der Waals surface area (Å²) in [4.78, 5) is 14.9. The molecular formula is C18H27NO2. The Bertz CT molecular complexity index is 476. The zero-order valence-electron chi connectivity index (χ0n) is 13.5. The molecule has 1 aliphatic rings. The number of ketones is 1. The van der Waals surface area contributed by atoms with Crippen LogP contribution in [0.4, 0.5) is 0 Å². The quantitative estimate of drug-likeness (QED) is 0.713. The second-order valence-electron chi connectivity index (χ2n) is 6.06. The Morgan fingerprint density at radius 3 is 2.62 bits per heavy atom. The third-order valence-electron chi connectivity index (χ3n) is 4.11. The van der Waals surface area contributed by atoms with Crippen LogP contribution in [0.15, 0.2) is 18.2 Å². The number of Topliss-reactive ketones (excluding diaryl/α,β-unsaturated/α-hetero) is 1. The van der Waals surface area contributed by atoms with Gasteiger partial charge in [-0.15, -0.1) is 0 Å². The maximum absolute atomic E-state index is 12.5. The molecule has 3 heteroatoms. The van der Waals surface area contributed by atoms with Crippen molar-refractivity contribution in [3.8, 4) is 5.75 Å². The lowest BCUT2D eigenvalue weighted by Gasteiger charge is -2.17. The van der Waals surface area contributed by atoms with Gasteiger partial charge in [0.05, 0.1) is 6.61 Å². The molecule has 0 aliphatic carbocycles. The highest BCUT2D eigenvalue weighted by molar-refractivity contribution is 5.98. The average molecular weight is 289 g/mol. The molecule has 0 bridgehead atoms. The van der Waals surface area contributed by atoms with Gasteiger partial charge in [0.15, 0.2) is 5.78 Å². The summed E-state index contributed by atoms with van der Waals surface area (Å²) in [5.74, 6) is 1.45. The summed E-state index contributed by atoms with van der Waals surface area (Å²) in [6.07, 6.45) is 3.16. The van der Waals surface area contributed by atoms with Gasteiger partial charge < -0.3 is 9.64 Å². The minimum Gasteiger partial charge on any atom is -0.494 e. The number of benzene rings is 1. The Kier molecular flexibility index (Phi) is 5.80. The number of hydrogen-bond acceptors (Lipinski definition) is 3. The minimum absolute atomic E-state index is 0.258. The van der Waals surface area contributed by atoms with Crippen molar-refractivity contribution < 1.29 is 9.53 Å². The number of carbonyl (C=O) groups excluding carboxylic acids is 1. The highest BCUT2D eigenvalue weighted by Crippen LogP contribution is 2.26. The van der Waals surface area contributed by atoms with Crippen LogP contribution < -0.4 is 4.74 Å². The predicted octanol–water partition coefficient (Wildman–Crippen LogP) is 3.88. The van der Waals surface area contributed by atoms with Crippen molar-refractivity contribution in [3.63, 3.8) is 0 Å². The second kappa shape index (κ2) is 7.60. The Hall–Kier alpha value is -1.35. The largest absolute Gasteiger partial charge is 0.494 e. The maximum atomic E-state index is 12.5. The van der Waals surface area contributed by atoms with Crippen LogP contribution in [0.1, 0.15) is 61.9 Å². The Balaban J connectivity index is 2.07. The highest BCUT2D eigenvalue weighted by Gasteiger charge is 2.17. The van der Waals surface area contributed by atoms with Gasteiger partial charge in [0.25, 0.3) is 0 Å². The number of rotatable bonds is 7. The van der Waals surface area contributed by atoms with Crippen molar-refractivity contribution in [3.05, 3.63) is 29.3 Å². The zero-order chi connectivity index (χ0) is 15.2. The molecule has 1 aromatic carbocycles. The third-order valence-corrected chi connectivity index (χ3v) is 4.11. The van der Waals surface area contributed by atoms with E-state index in [0.717, 1.165) is 36.5 Å². The molecule has 2 rings (SSSR count). The van der Waals surface area contributed by atoms with Crippen LogP contribution in [0.2, 0.25) is 0 Å². The van der Waals surface area contributed by atoms with Crippen LogP contribution in [-0.2, 0) is 0 Å². The molecular weight excluding hydrogens is 262 g/mol. The second-order valence-corrected chi connectivity index (χ2v) is 6.06. The summed E-state index contributed by atoms with van der Waals surface area (Å²) in [6, 6.07) is 5.88. The average Bonchev–Trinajstić information content (AvgIpc) is 2.98. The highest BCUT2D eigenvalue weighted by atomic mass is 16.5. The van der Waals surface area contributed by atoms with Crippen LogP contribution in [0.3, 0.4) is 0 Å². The number of carbonyl (C=O) groups is 1. The van der Waals surface area contributed by atoms with Crippen LogP contribution in [-0.4, -0.2) is 36.9 Å². The van der Waals surface area contributed by atoms with Crippen molar-refractivity contribution in [2.45, 2.75) is 46.0 Å². The van der Waals surface area contributed by atoms with Crippen molar-refractivity contribution in [1.82, 2.24) is 4.90 Å². The van der Waals surface area contributed by atoms with E-state index in [1.54, 1.807) is 0 Å². The van der Waals surface area contributed by atoms with Crippen molar-refractivity contribution in [1.29, 1.82) is 0 Å². The molecule has 0 unspecified atom stereocenters. The lowest BCUT2D eigenvalue weighted by molar-refractivity contribution is 0.0967. The summed E-state index contributed by atoms with van der Waals surface area (Å²) in [6.45, 7) is 10.1. The number of likely N-dealkylation sites (tertiary alicyclic amines) is 1.